The number of hydrogen-bond acceptors (Lipinski definition) is 1. The Balaban J connectivity index is 0.00000138. The molecule has 0 unspecified atom stereocenters. The number of aromatic nitrogens is 4. The molecule has 0 saturated heterocycles. The van der Waals surface area contributed by atoms with E-state index in [-0.39, 0.29) is 21.1 Å². The van der Waals surface area contributed by atoms with Crippen LogP contribution in [0.25, 0.3) is 44.6 Å². The molecule has 0 N–H and O–H groups in total. The van der Waals surface area contributed by atoms with Crippen LogP contribution in [0.2, 0.25) is 0 Å². The molecule has 6 rings (SSSR count). The Morgan fingerprint density at radius 3 is 1.77 bits per heavy atom. The molecule has 0 atom stereocenters. The Morgan fingerprint density at radius 1 is 0.674 bits per heavy atom. The van der Waals surface area contributed by atoms with Gasteiger partial charge in [-0.2, -0.15) is 18.2 Å². The quantitative estimate of drug-likeness (QED) is 0.136. The number of fused-ring (bicyclic) bond motifs is 2. The summed E-state index contributed by atoms with van der Waals surface area (Å²) in [6.07, 6.45) is 7.11. The molecule has 2 heterocycles. The van der Waals surface area contributed by atoms with Crippen LogP contribution in [0.3, 0.4) is 0 Å². The van der Waals surface area contributed by atoms with Crippen molar-refractivity contribution in [1.82, 2.24) is 9.13 Å². The zero-order valence-corrected chi connectivity index (χ0v) is 28.3. The van der Waals surface area contributed by atoms with E-state index in [1.165, 1.54) is 33.4 Å². The Labute approximate surface area is 269 Å². The molecule has 4 aromatic carbocycles. The summed E-state index contributed by atoms with van der Waals surface area (Å²) in [5.74, 6) is 0.785. The minimum absolute atomic E-state index is 0. The van der Waals surface area contributed by atoms with E-state index in [0.717, 1.165) is 33.4 Å². The second-order valence-electron chi connectivity index (χ2n) is 11.7. The minimum Gasteiger partial charge on any atom is -0.512 e. The van der Waals surface area contributed by atoms with Crippen molar-refractivity contribution in [2.75, 3.05) is 0 Å². The number of benzene rings is 4. The second kappa shape index (κ2) is 12.7. The largest absolute Gasteiger partial charge is 4.00 e. The summed E-state index contributed by atoms with van der Waals surface area (Å²) >= 11 is 0. The van der Waals surface area contributed by atoms with Crippen molar-refractivity contribution in [3.8, 4) is 22.5 Å². The van der Waals surface area contributed by atoms with Gasteiger partial charge in [-0.05, 0) is 42.4 Å². The smallest absolute Gasteiger partial charge is 0.512 e. The van der Waals surface area contributed by atoms with Gasteiger partial charge in [-0.25, -0.2) is 0 Å². The molecular weight excluding hydrogens is 710 g/mol. The van der Waals surface area contributed by atoms with Gasteiger partial charge in [-0.1, -0.05) is 105 Å². The zero-order valence-electron chi connectivity index (χ0n) is 26.1. The van der Waals surface area contributed by atoms with Crippen molar-refractivity contribution in [3.63, 3.8) is 0 Å². The normalized spacial score (nSPS) is 11.2. The predicted octanol–water partition coefficient (Wildman–Crippen LogP) is 7.25. The molecule has 6 heteroatoms. The van der Waals surface area contributed by atoms with E-state index in [1.54, 1.807) is 0 Å². The number of para-hydroxylation sites is 2. The van der Waals surface area contributed by atoms with E-state index in [1.807, 2.05) is 7.05 Å². The van der Waals surface area contributed by atoms with E-state index >= 15 is 0 Å². The molecule has 0 aliphatic heterocycles. The minimum atomic E-state index is 0. The van der Waals surface area contributed by atoms with E-state index in [9.17, 15) is 0 Å². The van der Waals surface area contributed by atoms with Crippen LogP contribution < -0.4 is 9.13 Å². The average Bonchev–Trinajstić information content (AvgIpc) is 3.49. The van der Waals surface area contributed by atoms with Gasteiger partial charge in [0.25, 0.3) is 0 Å². The van der Waals surface area contributed by atoms with E-state index in [2.05, 4.69) is 152 Å². The average molecular weight is 747 g/mol. The van der Waals surface area contributed by atoms with Crippen molar-refractivity contribution in [3.05, 3.63) is 114 Å². The number of hydrogen-bond donors (Lipinski definition) is 0. The summed E-state index contributed by atoms with van der Waals surface area (Å²) in [7, 11) is 4.11. The van der Waals surface area contributed by atoms with Crippen LogP contribution in [-0.4, -0.2) is 9.13 Å². The van der Waals surface area contributed by atoms with Gasteiger partial charge in [0.1, 0.15) is 0 Å². The number of nitrogens with zero attached hydrogens (tertiary/aromatic N) is 5. The molecule has 218 valence electrons. The second-order valence-corrected chi connectivity index (χ2v) is 11.7. The van der Waals surface area contributed by atoms with Crippen molar-refractivity contribution in [2.45, 2.75) is 53.4 Å². The standard InChI is InChI=1S/C36H37N4.CN.Pt/c1-23(2)30-12-11-13-31(24(3)4)36(30)27-18-28(39-21-37(7)32-14-9-10-15-33(32)39)20-29(19-27)40-22-38(8)34-16-25(5)26(6)17-35(34)40;1-2;/h9-19,23-24H,1-8H3;;/q2*-1;+4. The van der Waals surface area contributed by atoms with Crippen molar-refractivity contribution in [2.24, 2.45) is 14.1 Å². The summed E-state index contributed by atoms with van der Waals surface area (Å²) in [4.78, 5) is 0. The van der Waals surface area contributed by atoms with Crippen molar-refractivity contribution < 1.29 is 30.2 Å². The summed E-state index contributed by atoms with van der Waals surface area (Å²) in [6.45, 7) is 18.2. The molecule has 43 heavy (non-hydrogen) atoms. The maximum atomic E-state index is 6.25. The number of imidazole rings is 2. The maximum absolute atomic E-state index is 6.25. The summed E-state index contributed by atoms with van der Waals surface area (Å²) < 4.78 is 8.44. The maximum Gasteiger partial charge on any atom is 4.00 e. The molecule has 0 aliphatic carbocycles. The Kier molecular flexibility index (Phi) is 9.43. The molecule has 0 amide bonds. The third-order valence-electron chi connectivity index (χ3n) is 8.16. The van der Waals surface area contributed by atoms with Crippen LogP contribution in [0.1, 0.15) is 61.8 Å². The fourth-order valence-electron chi connectivity index (χ4n) is 5.86. The Hall–Kier alpha value is -4.00. The third kappa shape index (κ3) is 5.69. The van der Waals surface area contributed by atoms with Crippen molar-refractivity contribution in [1.29, 1.82) is 5.26 Å². The first kappa shape index (κ1) is 31.9. The molecule has 6 aromatic rings. The van der Waals surface area contributed by atoms with Gasteiger partial charge in [0.05, 0.1) is 36.2 Å². The molecule has 0 radical (unpaired) electrons. The fourth-order valence-corrected chi connectivity index (χ4v) is 5.86. The van der Waals surface area contributed by atoms with Gasteiger partial charge in [0.2, 0.25) is 12.7 Å². The SMILES string of the molecule is Cc1cc2c(cc1C)[n+](-c1[c-]c(-[n+]3[c-]n(C)c4ccccc43)cc(-c3c(C(C)C)cccc3C(C)C)c1)[c-]n2C.[C-]#N.[Pt+4]. The Bertz CT molecular complexity index is 1930. The number of rotatable bonds is 5. The van der Waals surface area contributed by atoms with Crippen molar-refractivity contribution >= 4 is 22.1 Å². The first-order valence-electron chi connectivity index (χ1n) is 14.4. The van der Waals surface area contributed by atoms with Gasteiger partial charge < -0.3 is 30.1 Å². The topological polar surface area (TPSA) is 41.4 Å². The molecular formula is C37H37N5Pt+2. The molecule has 0 bridgehead atoms. The molecule has 0 aliphatic rings. The van der Waals surface area contributed by atoms with Crippen LogP contribution >= 0.6 is 0 Å². The van der Waals surface area contributed by atoms with Crippen LogP contribution in [-0.2, 0) is 35.2 Å². The zero-order chi connectivity index (χ0) is 30.3. The third-order valence-corrected chi connectivity index (χ3v) is 8.16. The number of aryl methyl sites for hydroxylation is 4. The first-order chi connectivity index (χ1) is 20.1. The molecule has 5 nitrogen and oxygen atoms in total. The van der Waals surface area contributed by atoms with Crippen LogP contribution in [0, 0.1) is 44.4 Å². The van der Waals surface area contributed by atoms with Gasteiger partial charge in [-0.15, -0.1) is 5.56 Å². The Morgan fingerprint density at radius 2 is 1.19 bits per heavy atom. The summed E-state index contributed by atoms with van der Waals surface area (Å²) in [6, 6.07) is 28.1. The van der Waals surface area contributed by atoms with E-state index in [4.69, 9.17) is 11.8 Å². The van der Waals surface area contributed by atoms with Gasteiger partial charge in [0, 0.05) is 0 Å². The van der Waals surface area contributed by atoms with Gasteiger partial charge >= 0.3 is 21.1 Å². The van der Waals surface area contributed by atoms with Crippen LogP contribution in [0.15, 0.2) is 66.7 Å². The van der Waals surface area contributed by atoms with Gasteiger partial charge in [-0.3, -0.25) is 0 Å². The van der Waals surface area contributed by atoms with E-state index in [0.29, 0.717) is 11.8 Å². The molecule has 0 spiro atoms. The monoisotopic (exact) mass is 746 g/mol. The van der Waals surface area contributed by atoms with E-state index < -0.39 is 0 Å². The molecule has 0 fully saturated rings. The molecule has 2 aromatic heterocycles. The molecule has 0 saturated carbocycles. The predicted molar refractivity (Wildman–Crippen MR) is 167 cm³/mol. The van der Waals surface area contributed by atoms with Crippen LogP contribution in [0.4, 0.5) is 0 Å². The van der Waals surface area contributed by atoms with Crippen LogP contribution in [0.5, 0.6) is 0 Å². The fraction of sp³-hybridized carbons (Fsp3) is 0.270. The summed E-state index contributed by atoms with van der Waals surface area (Å²) in [5, 5.41) is 6.25. The van der Waals surface area contributed by atoms with Gasteiger partial charge in [0.15, 0.2) is 0 Å². The summed E-state index contributed by atoms with van der Waals surface area (Å²) in [5.41, 5.74) is 14.2. The first-order valence-corrected chi connectivity index (χ1v) is 14.4.